The Bertz CT molecular complexity index is 1030. The van der Waals surface area contributed by atoms with Crippen LogP contribution in [-0.4, -0.2) is 60.8 Å². The Labute approximate surface area is 179 Å². The van der Waals surface area contributed by atoms with Crippen molar-refractivity contribution in [2.24, 2.45) is 0 Å². The highest BCUT2D eigenvalue weighted by Gasteiger charge is 2.33. The fourth-order valence-corrected chi connectivity index (χ4v) is 4.91. The van der Waals surface area contributed by atoms with E-state index in [-0.39, 0.29) is 17.6 Å². The van der Waals surface area contributed by atoms with Gasteiger partial charge in [0.25, 0.3) is 5.91 Å². The second-order valence-electron chi connectivity index (χ2n) is 8.60. The zero-order valence-electron chi connectivity index (χ0n) is 17.3. The number of ether oxygens (including phenoxy) is 1. The van der Waals surface area contributed by atoms with Crippen LogP contribution in [0.25, 0.3) is 22.2 Å². The van der Waals surface area contributed by atoms with Gasteiger partial charge in [-0.25, -0.2) is 14.6 Å². The first-order valence-corrected chi connectivity index (χ1v) is 11.4. The fraction of sp³-hybridized carbons (Fsp3) is 0.524. The van der Waals surface area contributed by atoms with Crippen molar-refractivity contribution in [3.05, 3.63) is 29.5 Å². The second-order valence-corrected chi connectivity index (χ2v) is 9.49. The predicted molar refractivity (Wildman–Crippen MR) is 114 cm³/mol. The SMILES string of the molecule is CC1(C)CC(n2nc(-c3nccs3)nc2-c2c[nH]c(C(=O)N3CCCC3)c2)CCO1. The molecule has 1 amide bonds. The van der Waals surface area contributed by atoms with Crippen LogP contribution in [0.4, 0.5) is 0 Å². The van der Waals surface area contributed by atoms with E-state index in [1.54, 1.807) is 6.20 Å². The molecule has 2 fully saturated rings. The van der Waals surface area contributed by atoms with E-state index in [4.69, 9.17) is 14.8 Å². The number of H-pyrrole nitrogens is 1. The Morgan fingerprint density at radius 1 is 1.33 bits per heavy atom. The van der Waals surface area contributed by atoms with Crippen molar-refractivity contribution < 1.29 is 9.53 Å². The van der Waals surface area contributed by atoms with E-state index in [0.717, 1.165) is 55.2 Å². The summed E-state index contributed by atoms with van der Waals surface area (Å²) in [4.78, 5) is 27.1. The Balaban J connectivity index is 1.51. The summed E-state index contributed by atoms with van der Waals surface area (Å²) in [5.74, 6) is 1.44. The van der Waals surface area contributed by atoms with Crippen molar-refractivity contribution in [1.29, 1.82) is 0 Å². The molecule has 1 atom stereocenters. The van der Waals surface area contributed by atoms with Crippen molar-refractivity contribution in [1.82, 2.24) is 29.6 Å². The number of rotatable bonds is 4. The number of hydrogen-bond acceptors (Lipinski definition) is 6. The zero-order chi connectivity index (χ0) is 20.7. The summed E-state index contributed by atoms with van der Waals surface area (Å²) in [6.45, 7) is 6.57. The maximum atomic E-state index is 12.8. The van der Waals surface area contributed by atoms with Crippen LogP contribution in [0.3, 0.4) is 0 Å². The maximum absolute atomic E-state index is 12.8. The molecule has 8 nitrogen and oxygen atoms in total. The number of amides is 1. The normalized spacial score (nSPS) is 21.3. The van der Waals surface area contributed by atoms with Gasteiger partial charge in [0.2, 0.25) is 5.82 Å². The van der Waals surface area contributed by atoms with Crippen molar-refractivity contribution >= 4 is 17.2 Å². The third kappa shape index (κ3) is 3.67. The monoisotopic (exact) mass is 426 g/mol. The van der Waals surface area contributed by atoms with Crippen molar-refractivity contribution in [2.45, 2.75) is 51.2 Å². The third-order valence-corrected chi connectivity index (χ3v) is 6.61. The number of likely N-dealkylation sites (tertiary alicyclic amines) is 1. The average Bonchev–Trinajstić information content (AvgIpc) is 3.53. The number of thiazole rings is 1. The van der Waals surface area contributed by atoms with E-state index in [2.05, 4.69) is 23.8 Å². The molecule has 0 aromatic carbocycles. The van der Waals surface area contributed by atoms with Gasteiger partial charge in [-0.05, 0) is 45.6 Å². The number of carbonyl (C=O) groups is 1. The van der Waals surface area contributed by atoms with Gasteiger partial charge in [-0.15, -0.1) is 16.4 Å². The highest BCUT2D eigenvalue weighted by Crippen LogP contribution is 2.35. The van der Waals surface area contributed by atoms with Crippen molar-refractivity contribution in [2.75, 3.05) is 19.7 Å². The molecule has 5 heterocycles. The Hall–Kier alpha value is -2.52. The van der Waals surface area contributed by atoms with Gasteiger partial charge in [0.1, 0.15) is 5.69 Å². The van der Waals surface area contributed by atoms with Crippen LogP contribution < -0.4 is 0 Å². The van der Waals surface area contributed by atoms with E-state index in [1.807, 2.05) is 27.2 Å². The Morgan fingerprint density at radius 2 is 2.17 bits per heavy atom. The minimum absolute atomic E-state index is 0.0529. The molecule has 0 saturated carbocycles. The summed E-state index contributed by atoms with van der Waals surface area (Å²) in [7, 11) is 0. The van der Waals surface area contributed by atoms with E-state index in [9.17, 15) is 4.79 Å². The molecule has 9 heteroatoms. The number of nitrogens with one attached hydrogen (secondary N) is 1. The van der Waals surface area contributed by atoms with Gasteiger partial charge in [0, 0.05) is 43.0 Å². The second kappa shape index (κ2) is 7.63. The summed E-state index contributed by atoms with van der Waals surface area (Å²) >= 11 is 1.52. The van der Waals surface area contributed by atoms with Crippen LogP contribution in [0, 0.1) is 0 Å². The molecule has 158 valence electrons. The number of aromatic nitrogens is 5. The van der Waals surface area contributed by atoms with Gasteiger partial charge in [0.05, 0.1) is 11.6 Å². The molecule has 2 saturated heterocycles. The van der Waals surface area contributed by atoms with Gasteiger partial charge in [-0.2, -0.15) is 0 Å². The average molecular weight is 427 g/mol. The molecule has 0 radical (unpaired) electrons. The highest BCUT2D eigenvalue weighted by atomic mass is 32.1. The molecule has 2 aliphatic rings. The third-order valence-electron chi connectivity index (χ3n) is 5.84. The molecule has 0 aliphatic carbocycles. The number of carbonyl (C=O) groups excluding carboxylic acids is 1. The molecule has 3 aromatic heterocycles. The molecule has 0 spiro atoms. The van der Waals surface area contributed by atoms with Crippen LogP contribution in [0.1, 0.15) is 56.1 Å². The minimum atomic E-state index is -0.206. The van der Waals surface area contributed by atoms with E-state index in [1.165, 1.54) is 11.3 Å². The molecule has 2 aliphatic heterocycles. The molecule has 5 rings (SSSR count). The minimum Gasteiger partial charge on any atom is -0.375 e. The Kier molecular flexibility index (Phi) is 4.94. The van der Waals surface area contributed by atoms with Crippen LogP contribution in [0.2, 0.25) is 0 Å². The molecule has 0 bridgehead atoms. The lowest BCUT2D eigenvalue weighted by atomic mass is 9.94. The van der Waals surface area contributed by atoms with Gasteiger partial charge in [0.15, 0.2) is 10.8 Å². The maximum Gasteiger partial charge on any atom is 0.270 e. The first kappa shape index (κ1) is 19.4. The molecule has 1 N–H and O–H groups in total. The topological polar surface area (TPSA) is 88.9 Å². The quantitative estimate of drug-likeness (QED) is 0.686. The largest absolute Gasteiger partial charge is 0.375 e. The van der Waals surface area contributed by atoms with Crippen molar-refractivity contribution in [3.8, 4) is 22.2 Å². The highest BCUT2D eigenvalue weighted by molar-refractivity contribution is 7.13. The Morgan fingerprint density at radius 3 is 2.90 bits per heavy atom. The van der Waals surface area contributed by atoms with E-state index in [0.29, 0.717) is 18.1 Å². The molecular weight excluding hydrogens is 400 g/mol. The predicted octanol–water partition coefficient (Wildman–Crippen LogP) is 3.76. The summed E-state index contributed by atoms with van der Waals surface area (Å²) in [6, 6.07) is 2.08. The molecular formula is C21H26N6O2S. The smallest absolute Gasteiger partial charge is 0.270 e. The summed E-state index contributed by atoms with van der Waals surface area (Å²) in [6.07, 6.45) is 7.50. The number of hydrogen-bond donors (Lipinski definition) is 1. The fourth-order valence-electron chi connectivity index (χ4n) is 4.35. The summed E-state index contributed by atoms with van der Waals surface area (Å²) < 4.78 is 7.91. The first-order valence-electron chi connectivity index (χ1n) is 10.5. The molecule has 1 unspecified atom stereocenters. The van der Waals surface area contributed by atoms with E-state index >= 15 is 0 Å². The van der Waals surface area contributed by atoms with Gasteiger partial charge >= 0.3 is 0 Å². The first-order chi connectivity index (χ1) is 14.5. The number of aromatic amines is 1. The molecule has 3 aromatic rings. The van der Waals surface area contributed by atoms with Gasteiger partial charge in [-0.1, -0.05) is 0 Å². The van der Waals surface area contributed by atoms with E-state index < -0.39 is 0 Å². The van der Waals surface area contributed by atoms with Crippen molar-refractivity contribution in [3.63, 3.8) is 0 Å². The standard InChI is InChI=1S/C21H26N6O2S/c1-21(2)12-15(5-9-29-21)27-18(24-17(25-27)19-22-6-10-30-19)14-11-16(23-13-14)20(28)26-7-3-4-8-26/h6,10-11,13,15,23H,3-5,7-9,12H2,1-2H3. The lowest BCUT2D eigenvalue weighted by molar-refractivity contribution is -0.0705. The van der Waals surface area contributed by atoms with Crippen LogP contribution in [0.15, 0.2) is 23.8 Å². The lowest BCUT2D eigenvalue weighted by Gasteiger charge is -2.35. The van der Waals surface area contributed by atoms with Crippen LogP contribution in [-0.2, 0) is 4.74 Å². The van der Waals surface area contributed by atoms with Gasteiger partial charge in [-0.3, -0.25) is 4.79 Å². The summed E-state index contributed by atoms with van der Waals surface area (Å²) in [5.41, 5.74) is 1.27. The molecule has 30 heavy (non-hydrogen) atoms. The zero-order valence-corrected chi connectivity index (χ0v) is 18.1. The van der Waals surface area contributed by atoms with Crippen LogP contribution in [0.5, 0.6) is 0 Å². The lowest BCUT2D eigenvalue weighted by Crippen LogP contribution is -2.35. The van der Waals surface area contributed by atoms with Crippen LogP contribution >= 0.6 is 11.3 Å². The van der Waals surface area contributed by atoms with Gasteiger partial charge < -0.3 is 14.6 Å². The number of nitrogens with zero attached hydrogens (tertiary/aromatic N) is 5. The summed E-state index contributed by atoms with van der Waals surface area (Å²) in [5, 5.41) is 7.56.